The number of thioether (sulfide) groups is 1. The zero-order chi connectivity index (χ0) is 10.8. The van der Waals surface area contributed by atoms with Gasteiger partial charge in [-0.05, 0) is 26.3 Å². The van der Waals surface area contributed by atoms with Crippen molar-refractivity contribution in [2.24, 2.45) is 0 Å². The molecule has 0 atom stereocenters. The fraction of sp³-hybridized carbons (Fsp3) is 0.700. The first-order valence-corrected chi connectivity index (χ1v) is 5.80. The quantitative estimate of drug-likeness (QED) is 0.373. The molecule has 0 amide bonds. The second-order valence-corrected chi connectivity index (χ2v) is 4.03. The number of esters is 1. The number of carbonyl (C=O) groups is 1. The van der Waals surface area contributed by atoms with E-state index < -0.39 is 0 Å². The molecule has 0 unspecified atom stereocenters. The van der Waals surface area contributed by atoms with Gasteiger partial charge in [0.25, 0.3) is 0 Å². The van der Waals surface area contributed by atoms with E-state index in [-0.39, 0.29) is 5.97 Å². The van der Waals surface area contributed by atoms with E-state index in [2.05, 4.69) is 0 Å². The molecule has 0 bridgehead atoms. The molecule has 0 saturated carbocycles. The Morgan fingerprint density at radius 3 is 2.71 bits per heavy atom. The van der Waals surface area contributed by atoms with Crippen LogP contribution in [0.1, 0.15) is 20.8 Å². The van der Waals surface area contributed by atoms with E-state index in [1.165, 1.54) is 11.8 Å². The van der Waals surface area contributed by atoms with Crippen LogP contribution in [0.15, 0.2) is 11.8 Å². The Morgan fingerprint density at radius 2 is 2.14 bits per heavy atom. The SMILES string of the molecule is CCOC(=O)CSCCOC=C(C)C. The first kappa shape index (κ1) is 13.4. The lowest BCUT2D eigenvalue weighted by Gasteiger charge is -2.02. The van der Waals surface area contributed by atoms with Crippen LogP contribution in [0.5, 0.6) is 0 Å². The first-order chi connectivity index (χ1) is 6.66. The second-order valence-electron chi connectivity index (χ2n) is 2.92. The van der Waals surface area contributed by atoms with E-state index >= 15 is 0 Å². The highest BCUT2D eigenvalue weighted by molar-refractivity contribution is 7.99. The molecule has 0 aliphatic heterocycles. The number of ether oxygens (including phenoxy) is 2. The van der Waals surface area contributed by atoms with Crippen molar-refractivity contribution in [1.29, 1.82) is 0 Å². The molecule has 0 aromatic rings. The number of allylic oxidation sites excluding steroid dienone is 1. The van der Waals surface area contributed by atoms with Crippen molar-refractivity contribution < 1.29 is 14.3 Å². The average Bonchev–Trinajstić information content (AvgIpc) is 2.11. The number of hydrogen-bond acceptors (Lipinski definition) is 4. The van der Waals surface area contributed by atoms with Gasteiger partial charge in [0.2, 0.25) is 0 Å². The Morgan fingerprint density at radius 1 is 1.43 bits per heavy atom. The lowest BCUT2D eigenvalue weighted by molar-refractivity contribution is -0.139. The molecule has 14 heavy (non-hydrogen) atoms. The molecule has 0 spiro atoms. The third-order valence-electron chi connectivity index (χ3n) is 1.19. The molecule has 0 aromatic carbocycles. The van der Waals surface area contributed by atoms with E-state index in [1.54, 1.807) is 13.2 Å². The van der Waals surface area contributed by atoms with Gasteiger partial charge >= 0.3 is 5.97 Å². The molecule has 82 valence electrons. The fourth-order valence-corrected chi connectivity index (χ4v) is 1.30. The third-order valence-corrected chi connectivity index (χ3v) is 2.08. The Balaban J connectivity index is 3.21. The molecule has 0 fully saturated rings. The molecule has 0 aliphatic carbocycles. The smallest absolute Gasteiger partial charge is 0.315 e. The Hall–Kier alpha value is -0.640. The summed E-state index contributed by atoms with van der Waals surface area (Å²) in [7, 11) is 0. The van der Waals surface area contributed by atoms with Crippen molar-refractivity contribution in [2.75, 3.05) is 24.7 Å². The standard InChI is InChI=1S/C10H18O3S/c1-4-13-10(11)8-14-6-5-12-7-9(2)3/h7H,4-6,8H2,1-3H3. The van der Waals surface area contributed by atoms with Gasteiger partial charge in [0.05, 0.1) is 25.2 Å². The highest BCUT2D eigenvalue weighted by atomic mass is 32.2. The van der Waals surface area contributed by atoms with Gasteiger partial charge in [-0.1, -0.05) is 0 Å². The van der Waals surface area contributed by atoms with Crippen LogP contribution in [0.2, 0.25) is 0 Å². The molecule has 0 N–H and O–H groups in total. The molecule has 0 aliphatic rings. The van der Waals surface area contributed by atoms with Crippen molar-refractivity contribution in [2.45, 2.75) is 20.8 Å². The Bertz CT molecular complexity index is 186. The third kappa shape index (κ3) is 9.45. The molecule has 0 rings (SSSR count). The maximum Gasteiger partial charge on any atom is 0.315 e. The van der Waals surface area contributed by atoms with Gasteiger partial charge in [-0.15, -0.1) is 11.8 Å². The minimum absolute atomic E-state index is 0.153. The summed E-state index contributed by atoms with van der Waals surface area (Å²) in [6.07, 6.45) is 1.73. The molecular weight excluding hydrogens is 200 g/mol. The maximum absolute atomic E-state index is 10.9. The van der Waals surface area contributed by atoms with E-state index in [4.69, 9.17) is 9.47 Å². The van der Waals surface area contributed by atoms with Gasteiger partial charge < -0.3 is 9.47 Å². The van der Waals surface area contributed by atoms with Crippen LogP contribution >= 0.6 is 11.8 Å². The van der Waals surface area contributed by atoms with Crippen molar-refractivity contribution in [3.05, 3.63) is 11.8 Å². The van der Waals surface area contributed by atoms with Crippen LogP contribution in [0.4, 0.5) is 0 Å². The van der Waals surface area contributed by atoms with E-state index in [0.29, 0.717) is 19.0 Å². The van der Waals surface area contributed by atoms with Crippen molar-refractivity contribution in [3.8, 4) is 0 Å². The molecular formula is C10H18O3S. The second kappa shape index (κ2) is 8.94. The largest absolute Gasteiger partial charge is 0.500 e. The predicted octanol–water partition coefficient (Wildman–Crippen LogP) is 2.22. The van der Waals surface area contributed by atoms with Gasteiger partial charge in [-0.25, -0.2) is 0 Å². The van der Waals surface area contributed by atoms with Crippen molar-refractivity contribution >= 4 is 17.7 Å². The van der Waals surface area contributed by atoms with Crippen molar-refractivity contribution in [1.82, 2.24) is 0 Å². The van der Waals surface area contributed by atoms with E-state index in [1.807, 2.05) is 13.8 Å². The summed E-state index contributed by atoms with van der Waals surface area (Å²) >= 11 is 1.52. The van der Waals surface area contributed by atoms with Gasteiger partial charge in [-0.2, -0.15) is 0 Å². The average molecular weight is 218 g/mol. The summed E-state index contributed by atoms with van der Waals surface area (Å²) in [6, 6.07) is 0. The Kier molecular flexibility index (Phi) is 8.53. The van der Waals surface area contributed by atoms with Gasteiger partial charge in [-0.3, -0.25) is 4.79 Å². The van der Waals surface area contributed by atoms with Crippen LogP contribution in [0.25, 0.3) is 0 Å². The lowest BCUT2D eigenvalue weighted by atomic mass is 10.4. The van der Waals surface area contributed by atoms with Gasteiger partial charge in [0.15, 0.2) is 0 Å². The summed E-state index contributed by atoms with van der Waals surface area (Å²) in [4.78, 5) is 10.9. The normalized spacial score (nSPS) is 9.36. The molecule has 0 saturated heterocycles. The summed E-state index contributed by atoms with van der Waals surface area (Å²) in [5.74, 6) is 1.06. The minimum atomic E-state index is -0.153. The van der Waals surface area contributed by atoms with Crippen LogP contribution in [-0.2, 0) is 14.3 Å². The first-order valence-electron chi connectivity index (χ1n) is 4.65. The number of hydrogen-bond donors (Lipinski definition) is 0. The molecule has 0 heterocycles. The molecule has 0 aromatic heterocycles. The highest BCUT2D eigenvalue weighted by Gasteiger charge is 2.00. The summed E-state index contributed by atoms with van der Waals surface area (Å²) in [5, 5.41) is 0. The highest BCUT2D eigenvalue weighted by Crippen LogP contribution is 2.01. The summed E-state index contributed by atoms with van der Waals surface area (Å²) < 4.78 is 9.98. The van der Waals surface area contributed by atoms with Gasteiger partial charge in [0.1, 0.15) is 0 Å². The number of rotatable bonds is 7. The van der Waals surface area contributed by atoms with Gasteiger partial charge in [0, 0.05) is 5.75 Å². The predicted molar refractivity (Wildman–Crippen MR) is 59.3 cm³/mol. The van der Waals surface area contributed by atoms with Crippen LogP contribution in [0.3, 0.4) is 0 Å². The van der Waals surface area contributed by atoms with Crippen LogP contribution in [-0.4, -0.2) is 30.7 Å². The molecule has 4 heteroatoms. The zero-order valence-electron chi connectivity index (χ0n) is 9.04. The van der Waals surface area contributed by atoms with Crippen LogP contribution in [0, 0.1) is 0 Å². The maximum atomic E-state index is 10.9. The molecule has 0 radical (unpaired) electrons. The topological polar surface area (TPSA) is 35.5 Å². The van der Waals surface area contributed by atoms with Crippen molar-refractivity contribution in [3.63, 3.8) is 0 Å². The monoisotopic (exact) mass is 218 g/mol. The fourth-order valence-electron chi connectivity index (χ4n) is 0.691. The molecule has 3 nitrogen and oxygen atoms in total. The lowest BCUT2D eigenvalue weighted by Crippen LogP contribution is -2.07. The van der Waals surface area contributed by atoms with Crippen LogP contribution < -0.4 is 0 Å². The summed E-state index contributed by atoms with van der Waals surface area (Å²) in [6.45, 7) is 6.85. The number of carbonyl (C=O) groups excluding carboxylic acids is 1. The van der Waals surface area contributed by atoms with E-state index in [0.717, 1.165) is 11.3 Å². The zero-order valence-corrected chi connectivity index (χ0v) is 9.86. The summed E-state index contributed by atoms with van der Waals surface area (Å²) in [5.41, 5.74) is 1.14. The van der Waals surface area contributed by atoms with E-state index in [9.17, 15) is 4.79 Å². The minimum Gasteiger partial charge on any atom is -0.500 e. The Labute approximate surface area is 89.8 Å².